The second-order valence-electron chi connectivity index (χ2n) is 6.27. The molecule has 0 aliphatic carbocycles. The van der Waals surface area contributed by atoms with Crippen molar-refractivity contribution in [3.8, 4) is 0 Å². The van der Waals surface area contributed by atoms with Gasteiger partial charge in [-0.15, -0.1) is 0 Å². The third kappa shape index (κ3) is 4.75. The Morgan fingerprint density at radius 3 is 2.48 bits per heavy atom. The predicted molar refractivity (Wildman–Crippen MR) is 105 cm³/mol. The molecule has 0 aromatic heterocycles. The summed E-state index contributed by atoms with van der Waals surface area (Å²) in [5.41, 5.74) is 3.32. The second-order valence-corrected chi connectivity index (χ2v) is 8.21. The molecule has 1 N–H and O–H groups in total. The van der Waals surface area contributed by atoms with Crippen LogP contribution < -0.4 is 5.43 Å². The van der Waals surface area contributed by atoms with E-state index in [9.17, 15) is 22.9 Å². The van der Waals surface area contributed by atoms with E-state index in [2.05, 4.69) is 10.5 Å². The molecule has 1 heterocycles. The number of nitro groups is 1. The Hall–Kier alpha value is -2.89. The van der Waals surface area contributed by atoms with Gasteiger partial charge in [-0.2, -0.15) is 9.41 Å². The van der Waals surface area contributed by atoms with E-state index >= 15 is 0 Å². The number of ether oxygens (including phenoxy) is 1. The fraction of sp³-hybridized carbons (Fsp3) is 0.278. The Labute approximate surface area is 167 Å². The zero-order chi connectivity index (χ0) is 21.0. The van der Waals surface area contributed by atoms with Gasteiger partial charge in [-0.3, -0.25) is 15.5 Å². The summed E-state index contributed by atoms with van der Waals surface area (Å²) in [5, 5.41) is 15.6. The van der Waals surface area contributed by atoms with E-state index in [0.717, 1.165) is 6.07 Å². The predicted octanol–water partition coefficient (Wildman–Crippen LogP) is 2.59. The lowest BCUT2D eigenvalue weighted by molar-refractivity contribution is -0.384. The number of hydrogen-bond donors (Lipinski definition) is 1. The van der Waals surface area contributed by atoms with Crippen molar-refractivity contribution < 1.29 is 22.5 Å². The molecule has 1 saturated heterocycles. The monoisotopic (exact) mass is 422 g/mol. The van der Waals surface area contributed by atoms with Crippen LogP contribution in [0.3, 0.4) is 0 Å². The number of halogens is 1. The highest BCUT2D eigenvalue weighted by Crippen LogP contribution is 2.29. The Bertz CT molecular complexity index is 1030. The number of rotatable bonds is 6. The minimum Gasteiger partial charge on any atom is -0.379 e. The molecule has 0 spiro atoms. The largest absolute Gasteiger partial charge is 0.379 e. The summed E-state index contributed by atoms with van der Waals surface area (Å²) in [6.45, 7) is 2.59. The number of hydrogen-bond acceptors (Lipinski definition) is 7. The van der Waals surface area contributed by atoms with Gasteiger partial charge in [0, 0.05) is 19.2 Å². The molecular formula is C18H19FN4O5S. The zero-order valence-electron chi connectivity index (χ0n) is 15.5. The first-order valence-electron chi connectivity index (χ1n) is 8.71. The summed E-state index contributed by atoms with van der Waals surface area (Å²) in [7, 11) is -3.86. The summed E-state index contributed by atoms with van der Waals surface area (Å²) < 4.78 is 44.8. The molecule has 0 atom stereocenters. The summed E-state index contributed by atoms with van der Waals surface area (Å²) in [6.07, 6.45) is 0. The third-order valence-electron chi connectivity index (χ3n) is 4.38. The fourth-order valence-electron chi connectivity index (χ4n) is 2.75. The molecule has 0 saturated carbocycles. The Morgan fingerprint density at radius 2 is 1.86 bits per heavy atom. The molecule has 2 aromatic rings. The van der Waals surface area contributed by atoms with Crippen molar-refractivity contribution in [3.63, 3.8) is 0 Å². The van der Waals surface area contributed by atoms with Gasteiger partial charge in [-0.1, -0.05) is 12.1 Å². The second kappa shape index (κ2) is 8.64. The van der Waals surface area contributed by atoms with Crippen LogP contribution in [0.25, 0.3) is 0 Å². The van der Waals surface area contributed by atoms with Gasteiger partial charge in [0.05, 0.1) is 28.7 Å². The highest BCUT2D eigenvalue weighted by Gasteiger charge is 2.28. The number of benzene rings is 2. The van der Waals surface area contributed by atoms with E-state index < -0.39 is 20.6 Å². The van der Waals surface area contributed by atoms with Gasteiger partial charge in [-0.25, -0.2) is 12.8 Å². The van der Waals surface area contributed by atoms with Crippen LogP contribution in [0.1, 0.15) is 12.5 Å². The first-order valence-corrected chi connectivity index (χ1v) is 10.2. The first kappa shape index (κ1) is 20.8. The number of morpholine rings is 1. The van der Waals surface area contributed by atoms with E-state index in [-0.39, 0.29) is 42.7 Å². The van der Waals surface area contributed by atoms with Crippen LogP contribution in [0.5, 0.6) is 0 Å². The molecule has 0 amide bonds. The molecule has 3 rings (SSSR count). The van der Waals surface area contributed by atoms with E-state index in [0.29, 0.717) is 11.3 Å². The molecule has 1 aliphatic rings. The van der Waals surface area contributed by atoms with E-state index in [1.807, 2.05) is 0 Å². The molecule has 0 bridgehead atoms. The molecule has 2 aromatic carbocycles. The SMILES string of the molecule is C/C(=N\Nc1ccc(S(=O)(=O)N2CCOCC2)cc1[N+](=O)[O-])c1ccc(F)cc1. The van der Waals surface area contributed by atoms with E-state index in [1.54, 1.807) is 6.92 Å². The van der Waals surface area contributed by atoms with Crippen LogP contribution in [0.4, 0.5) is 15.8 Å². The quantitative estimate of drug-likeness (QED) is 0.435. The normalized spacial score (nSPS) is 15.9. The molecule has 1 aliphatic heterocycles. The zero-order valence-corrected chi connectivity index (χ0v) is 16.4. The van der Waals surface area contributed by atoms with E-state index in [1.165, 1.54) is 40.7 Å². The number of nitrogens with one attached hydrogen (secondary N) is 1. The van der Waals surface area contributed by atoms with Gasteiger partial charge in [0.25, 0.3) is 5.69 Å². The van der Waals surface area contributed by atoms with Crippen LogP contribution in [-0.4, -0.2) is 49.7 Å². The molecule has 9 nitrogen and oxygen atoms in total. The Kier molecular flexibility index (Phi) is 6.20. The highest BCUT2D eigenvalue weighted by atomic mass is 32.2. The number of anilines is 1. The van der Waals surface area contributed by atoms with Gasteiger partial charge in [0.2, 0.25) is 10.0 Å². The van der Waals surface area contributed by atoms with Gasteiger partial charge < -0.3 is 4.74 Å². The van der Waals surface area contributed by atoms with Crippen molar-refractivity contribution in [3.05, 3.63) is 64.0 Å². The Balaban J connectivity index is 1.87. The van der Waals surface area contributed by atoms with Gasteiger partial charge in [0.1, 0.15) is 11.5 Å². The molecule has 29 heavy (non-hydrogen) atoms. The van der Waals surface area contributed by atoms with Crippen molar-refractivity contribution in [1.29, 1.82) is 0 Å². The summed E-state index contributed by atoms with van der Waals surface area (Å²) in [4.78, 5) is 10.6. The smallest absolute Gasteiger partial charge is 0.295 e. The summed E-state index contributed by atoms with van der Waals surface area (Å²) in [5.74, 6) is -0.387. The Morgan fingerprint density at radius 1 is 1.21 bits per heavy atom. The number of nitrogens with zero attached hydrogens (tertiary/aromatic N) is 3. The van der Waals surface area contributed by atoms with Crippen molar-refractivity contribution in [2.75, 3.05) is 31.7 Å². The van der Waals surface area contributed by atoms with Gasteiger partial charge >= 0.3 is 0 Å². The van der Waals surface area contributed by atoms with Gasteiger partial charge in [0.15, 0.2) is 0 Å². The number of nitro benzene ring substituents is 1. The molecular weight excluding hydrogens is 403 g/mol. The van der Waals surface area contributed by atoms with Crippen LogP contribution >= 0.6 is 0 Å². The lowest BCUT2D eigenvalue weighted by Gasteiger charge is -2.26. The average Bonchev–Trinajstić information content (AvgIpc) is 2.73. The van der Waals surface area contributed by atoms with Crippen molar-refractivity contribution in [1.82, 2.24) is 4.31 Å². The molecule has 154 valence electrons. The standard InChI is InChI=1S/C18H19FN4O5S/c1-13(14-2-4-15(19)5-3-14)20-21-17-7-6-16(12-18(17)23(24)25)29(26,27)22-8-10-28-11-9-22/h2-7,12,21H,8-11H2,1H3/b20-13+. The molecule has 11 heteroatoms. The fourth-order valence-corrected chi connectivity index (χ4v) is 4.18. The number of sulfonamides is 1. The highest BCUT2D eigenvalue weighted by molar-refractivity contribution is 7.89. The molecule has 1 fully saturated rings. The molecule has 0 radical (unpaired) electrons. The average molecular weight is 422 g/mol. The maximum Gasteiger partial charge on any atom is 0.295 e. The van der Waals surface area contributed by atoms with Crippen LogP contribution in [0, 0.1) is 15.9 Å². The maximum absolute atomic E-state index is 13.0. The number of hydrazone groups is 1. The lowest BCUT2D eigenvalue weighted by Crippen LogP contribution is -2.40. The first-order chi connectivity index (χ1) is 13.8. The van der Waals surface area contributed by atoms with Crippen LogP contribution in [0.2, 0.25) is 0 Å². The minimum atomic E-state index is -3.86. The molecule has 0 unspecified atom stereocenters. The topological polar surface area (TPSA) is 114 Å². The van der Waals surface area contributed by atoms with Crippen LogP contribution in [0.15, 0.2) is 52.5 Å². The van der Waals surface area contributed by atoms with Crippen LogP contribution in [-0.2, 0) is 14.8 Å². The van der Waals surface area contributed by atoms with Gasteiger partial charge in [-0.05, 0) is 36.8 Å². The van der Waals surface area contributed by atoms with E-state index in [4.69, 9.17) is 4.74 Å². The third-order valence-corrected chi connectivity index (χ3v) is 6.27. The summed E-state index contributed by atoms with van der Waals surface area (Å²) in [6, 6.07) is 9.22. The van der Waals surface area contributed by atoms with Crippen molar-refractivity contribution in [2.24, 2.45) is 5.10 Å². The maximum atomic E-state index is 13.0. The van der Waals surface area contributed by atoms with Crippen molar-refractivity contribution >= 4 is 27.1 Å². The minimum absolute atomic E-state index is 0.0392. The lowest BCUT2D eigenvalue weighted by atomic mass is 10.1. The summed E-state index contributed by atoms with van der Waals surface area (Å²) >= 11 is 0. The van der Waals surface area contributed by atoms with Crippen molar-refractivity contribution in [2.45, 2.75) is 11.8 Å².